The van der Waals surface area contributed by atoms with Crippen molar-refractivity contribution in [2.45, 2.75) is 6.92 Å². The van der Waals surface area contributed by atoms with Crippen molar-refractivity contribution in [3.63, 3.8) is 0 Å². The number of ether oxygens (including phenoxy) is 3. The third kappa shape index (κ3) is 7.06. The van der Waals surface area contributed by atoms with E-state index in [0.29, 0.717) is 5.75 Å². The molecule has 0 atom stereocenters. The monoisotopic (exact) mass is 439 g/mol. The normalized spacial score (nSPS) is 10.5. The van der Waals surface area contributed by atoms with Crippen LogP contribution in [0.3, 0.4) is 0 Å². The molecule has 0 aliphatic carbocycles. The number of ketones is 1. The molecule has 0 unspecified atom stereocenters. The highest BCUT2D eigenvalue weighted by Crippen LogP contribution is 2.27. The van der Waals surface area contributed by atoms with Crippen molar-refractivity contribution in [2.24, 2.45) is 0 Å². The standard InChI is InChI=1S/C15H15ClO7.Al.2ClH/c1-4-23-15(20)11(13(18)14(16)19)12(17)9-7-8(21-2)5-6-10(9)22-3;;;/h5-7,18H,4H2,1-3H3;;2*1H/q;+2;;/p-2/b13-11+;;;. The molecule has 1 radical (unpaired) electrons. The van der Waals surface area contributed by atoms with Gasteiger partial charge >= 0.3 is 19.3 Å². The summed E-state index contributed by atoms with van der Waals surface area (Å²) in [6, 6.07) is 4.27. The van der Waals surface area contributed by atoms with Gasteiger partial charge in [0.15, 0.2) is 11.3 Å². The smallest absolute Gasteiger partial charge is 0.495 e. The van der Waals surface area contributed by atoms with Crippen molar-refractivity contribution >= 4 is 62.1 Å². The number of benzene rings is 1. The van der Waals surface area contributed by atoms with E-state index in [9.17, 15) is 19.5 Å². The van der Waals surface area contributed by atoms with Gasteiger partial charge in [0, 0.05) is 0 Å². The summed E-state index contributed by atoms with van der Waals surface area (Å²) in [5.74, 6) is -2.92. The van der Waals surface area contributed by atoms with E-state index in [-0.39, 0.29) is 31.3 Å². The lowest BCUT2D eigenvalue weighted by Gasteiger charge is -2.12. The molecule has 1 rings (SSSR count). The van der Waals surface area contributed by atoms with Gasteiger partial charge in [0.1, 0.15) is 11.5 Å². The molecule has 1 N–H and O–H groups in total. The molecule has 0 aliphatic heterocycles. The number of hydrogen-bond donors (Lipinski definition) is 1. The van der Waals surface area contributed by atoms with Crippen LogP contribution in [0.4, 0.5) is 0 Å². The van der Waals surface area contributed by atoms with Gasteiger partial charge in [-0.1, -0.05) is 0 Å². The molecule has 26 heavy (non-hydrogen) atoms. The quantitative estimate of drug-likeness (QED) is 0.102. The zero-order valence-electron chi connectivity index (χ0n) is 14.0. The summed E-state index contributed by atoms with van der Waals surface area (Å²) in [5.41, 5.74) is -0.974. The minimum atomic E-state index is -1.36. The molecule has 0 bridgehead atoms. The Bertz CT molecular complexity index is 692. The molecule has 0 aromatic heterocycles. The van der Waals surface area contributed by atoms with E-state index >= 15 is 0 Å². The van der Waals surface area contributed by atoms with Crippen LogP contribution >= 0.6 is 31.7 Å². The molecule has 0 saturated carbocycles. The largest absolute Gasteiger partial charge is 0.503 e. The minimum Gasteiger partial charge on any atom is -0.503 e. The number of aliphatic hydroxyl groups is 1. The van der Waals surface area contributed by atoms with Crippen molar-refractivity contribution < 1.29 is 33.7 Å². The lowest BCUT2D eigenvalue weighted by Crippen LogP contribution is -2.21. The van der Waals surface area contributed by atoms with Crippen LogP contribution < -0.4 is 9.47 Å². The summed E-state index contributed by atoms with van der Waals surface area (Å²) in [4.78, 5) is 35.7. The first kappa shape index (κ1) is 24.6. The fourth-order valence-electron chi connectivity index (χ4n) is 1.72. The first-order valence-corrected chi connectivity index (χ1v) is 10.7. The number of rotatable bonds is 7. The van der Waals surface area contributed by atoms with Gasteiger partial charge in [-0.3, -0.25) is 9.59 Å². The van der Waals surface area contributed by atoms with Gasteiger partial charge < -0.3 is 19.3 Å². The Morgan fingerprint density at radius 2 is 1.73 bits per heavy atom. The van der Waals surface area contributed by atoms with E-state index in [1.54, 1.807) is 0 Å². The van der Waals surface area contributed by atoms with Crippen LogP contribution in [0.15, 0.2) is 29.5 Å². The molecule has 0 heterocycles. The second-order valence-corrected chi connectivity index (χ2v) is 6.68. The van der Waals surface area contributed by atoms with E-state index < -0.39 is 28.3 Å². The number of allylic oxidation sites excluding steroid dienone is 1. The molecular weight excluding hydrogens is 425 g/mol. The molecule has 141 valence electrons. The van der Waals surface area contributed by atoms with Crippen LogP contribution in [0, 0.1) is 0 Å². The Balaban J connectivity index is 0.00000194. The Morgan fingerprint density at radius 3 is 2.15 bits per heavy atom. The molecule has 1 aromatic carbocycles. The van der Waals surface area contributed by atoms with Gasteiger partial charge in [-0.05, 0) is 36.7 Å². The zero-order chi connectivity index (χ0) is 20.3. The van der Waals surface area contributed by atoms with Crippen molar-refractivity contribution in [3.8, 4) is 11.5 Å². The highest BCUT2D eigenvalue weighted by molar-refractivity contribution is 7.22. The number of aliphatic hydroxyl groups excluding tert-OH is 1. The minimum absolute atomic E-state index is 0.0609. The molecule has 0 fully saturated rings. The van der Waals surface area contributed by atoms with Crippen LogP contribution in [0.1, 0.15) is 17.3 Å². The molecule has 0 aliphatic rings. The number of Topliss-reactive ketones (excluding diaryl/α,β-unsaturated/α-hetero) is 1. The Labute approximate surface area is 169 Å². The maximum absolute atomic E-state index is 12.6. The van der Waals surface area contributed by atoms with E-state index in [1.165, 1.54) is 39.3 Å². The number of hydrogen-bond acceptors (Lipinski definition) is 7. The maximum atomic E-state index is 12.6. The van der Waals surface area contributed by atoms with Crippen LogP contribution in [-0.4, -0.2) is 56.3 Å². The number of methoxy groups -OCH3 is 2. The van der Waals surface area contributed by atoms with Crippen molar-refractivity contribution in [1.29, 1.82) is 0 Å². The first-order valence-electron chi connectivity index (χ1n) is 6.87. The number of esters is 1. The molecule has 11 heteroatoms. The summed E-state index contributed by atoms with van der Waals surface area (Å²) in [5, 5.41) is 8.35. The first-order chi connectivity index (χ1) is 12.3. The van der Waals surface area contributed by atoms with E-state index in [4.69, 9.17) is 41.2 Å². The number of carbonyl (C=O) groups is 3. The predicted octanol–water partition coefficient (Wildman–Crippen LogP) is 3.03. The third-order valence-corrected chi connectivity index (χ3v) is 2.96. The average Bonchev–Trinajstić information content (AvgIpc) is 2.61. The van der Waals surface area contributed by atoms with Gasteiger partial charge in [-0.15, -0.1) is 0 Å². The van der Waals surface area contributed by atoms with Gasteiger partial charge in [0.25, 0.3) is 5.24 Å². The van der Waals surface area contributed by atoms with E-state index in [0.717, 1.165) is 0 Å². The van der Waals surface area contributed by atoms with Crippen molar-refractivity contribution in [2.75, 3.05) is 20.8 Å². The summed E-state index contributed by atoms with van der Waals surface area (Å²) < 4.78 is 14.7. The van der Waals surface area contributed by atoms with Crippen LogP contribution in [0.25, 0.3) is 0 Å². The van der Waals surface area contributed by atoms with E-state index in [1.807, 2.05) is 0 Å². The van der Waals surface area contributed by atoms with E-state index in [2.05, 4.69) is 4.74 Å². The molecule has 0 amide bonds. The second-order valence-electron chi connectivity index (χ2n) is 4.20. The second kappa shape index (κ2) is 12.8. The highest BCUT2D eigenvalue weighted by Gasteiger charge is 2.30. The number of carbonyl (C=O) groups excluding carboxylic acids is 3. The maximum Gasteiger partial charge on any atom is 0.495 e. The molecule has 0 saturated heterocycles. The molecule has 7 nitrogen and oxygen atoms in total. The molecule has 1 aromatic rings. The summed E-state index contributed by atoms with van der Waals surface area (Å²) in [6.45, 7) is 1.44. The summed E-state index contributed by atoms with van der Waals surface area (Å²) >= 11 is 4.86. The molecular formula is C15H15AlCl3O7. The Kier molecular flexibility index (Phi) is 12.1. The predicted molar refractivity (Wildman–Crippen MR) is 98.5 cm³/mol. The molecule has 0 spiro atoms. The topological polar surface area (TPSA) is 99.1 Å². The lowest BCUT2D eigenvalue weighted by molar-refractivity contribution is -0.138. The lowest BCUT2D eigenvalue weighted by atomic mass is 10.0. The summed E-state index contributed by atoms with van der Waals surface area (Å²) in [7, 11) is 12.4. The van der Waals surface area contributed by atoms with Gasteiger partial charge in [-0.2, -0.15) is 0 Å². The Hall–Kier alpha value is -1.43. The van der Waals surface area contributed by atoms with Gasteiger partial charge in [0.05, 0.1) is 26.4 Å². The third-order valence-electron chi connectivity index (χ3n) is 2.78. The Morgan fingerprint density at radius 1 is 1.15 bits per heavy atom. The van der Waals surface area contributed by atoms with Crippen LogP contribution in [0.2, 0.25) is 0 Å². The SMILES string of the molecule is CCOC(=O)/C(C(=O)c1cc(OC)ccc1OC)=C(/O)C(=O)Cl.[Cl][Al][Cl]. The number of halogens is 3. The van der Waals surface area contributed by atoms with Gasteiger partial charge in [0.2, 0.25) is 5.78 Å². The van der Waals surface area contributed by atoms with Gasteiger partial charge in [-0.25, -0.2) is 24.9 Å². The fourth-order valence-corrected chi connectivity index (χ4v) is 1.82. The zero-order valence-corrected chi connectivity index (χ0v) is 17.5. The summed E-state index contributed by atoms with van der Waals surface area (Å²) in [6.07, 6.45) is 0. The van der Waals surface area contributed by atoms with Crippen LogP contribution in [-0.2, 0) is 14.3 Å². The highest BCUT2D eigenvalue weighted by atomic mass is 35.7. The van der Waals surface area contributed by atoms with Crippen LogP contribution in [0.5, 0.6) is 11.5 Å². The van der Waals surface area contributed by atoms with Crippen molar-refractivity contribution in [1.82, 2.24) is 0 Å². The van der Waals surface area contributed by atoms with Crippen molar-refractivity contribution in [3.05, 3.63) is 35.1 Å². The fraction of sp³-hybridized carbons (Fsp3) is 0.267. The average molecular weight is 441 g/mol.